The van der Waals surface area contributed by atoms with Crippen LogP contribution in [0.2, 0.25) is 0 Å². The quantitative estimate of drug-likeness (QED) is 0.529. The summed E-state index contributed by atoms with van der Waals surface area (Å²) in [5, 5.41) is 15.6. The van der Waals surface area contributed by atoms with Crippen LogP contribution in [0.25, 0.3) is 10.8 Å². The molecule has 120 valence electrons. The van der Waals surface area contributed by atoms with Crippen molar-refractivity contribution in [1.82, 2.24) is 5.43 Å². The Balaban J connectivity index is 1.68. The molecule has 0 aliphatic carbocycles. The van der Waals surface area contributed by atoms with Crippen LogP contribution in [0.4, 0.5) is 0 Å². The Morgan fingerprint density at radius 2 is 1.96 bits per heavy atom. The van der Waals surface area contributed by atoms with E-state index in [1.54, 1.807) is 30.5 Å². The molecule has 3 aromatic carbocycles. The van der Waals surface area contributed by atoms with Crippen molar-refractivity contribution in [2.24, 2.45) is 5.10 Å². The number of phenolic OH excluding ortho intramolecular Hbond substituents is 1. The van der Waals surface area contributed by atoms with Crippen LogP contribution >= 0.6 is 15.9 Å². The number of nitrogens with zero attached hydrogens (tertiary/aromatic N) is 1. The van der Waals surface area contributed by atoms with E-state index in [-0.39, 0.29) is 18.1 Å². The summed E-state index contributed by atoms with van der Waals surface area (Å²) in [6.07, 6.45) is 1.77. The van der Waals surface area contributed by atoms with Crippen LogP contribution in [-0.4, -0.2) is 17.2 Å². The number of fused-ring (bicyclic) bond motifs is 1. The highest BCUT2D eigenvalue weighted by Gasteiger charge is 2.04. The number of hydrogen-bond donors (Lipinski definition) is 2. The normalized spacial score (nSPS) is 11.0. The topological polar surface area (TPSA) is 61.7 Å². The molecule has 0 saturated heterocycles. The van der Waals surface area contributed by atoms with Crippen molar-refractivity contribution in [3.63, 3.8) is 0 Å². The van der Waals surface area contributed by atoms with Gasteiger partial charge in [0.1, 0.15) is 5.75 Å². The molecule has 0 bridgehead atoms. The van der Waals surface area contributed by atoms with E-state index in [0.717, 1.165) is 26.4 Å². The summed E-state index contributed by atoms with van der Waals surface area (Å²) < 4.78 is 0.937. The lowest BCUT2D eigenvalue weighted by Crippen LogP contribution is -2.19. The van der Waals surface area contributed by atoms with Crippen molar-refractivity contribution in [1.29, 1.82) is 0 Å². The molecule has 0 spiro atoms. The van der Waals surface area contributed by atoms with Gasteiger partial charge in [-0.05, 0) is 44.4 Å². The van der Waals surface area contributed by atoms with Crippen LogP contribution in [0.1, 0.15) is 11.1 Å². The van der Waals surface area contributed by atoms with Crippen molar-refractivity contribution in [2.75, 3.05) is 0 Å². The van der Waals surface area contributed by atoms with E-state index in [9.17, 15) is 9.90 Å². The Hall–Kier alpha value is -2.66. The smallest absolute Gasteiger partial charge is 0.244 e. The van der Waals surface area contributed by atoms with Gasteiger partial charge >= 0.3 is 0 Å². The zero-order chi connectivity index (χ0) is 16.9. The minimum Gasteiger partial charge on any atom is -0.508 e. The van der Waals surface area contributed by atoms with Crippen molar-refractivity contribution in [2.45, 2.75) is 6.42 Å². The van der Waals surface area contributed by atoms with E-state index in [2.05, 4.69) is 26.5 Å². The molecule has 24 heavy (non-hydrogen) atoms. The summed E-state index contributed by atoms with van der Waals surface area (Å²) in [6, 6.07) is 18.6. The summed E-state index contributed by atoms with van der Waals surface area (Å²) in [5.74, 6) is -0.0994. The molecule has 0 fully saturated rings. The first kappa shape index (κ1) is 16.2. The van der Waals surface area contributed by atoms with Gasteiger partial charge in [-0.25, -0.2) is 5.43 Å². The maximum atomic E-state index is 11.9. The van der Waals surface area contributed by atoms with Crippen molar-refractivity contribution in [3.8, 4) is 5.75 Å². The first-order chi connectivity index (χ1) is 11.6. The first-order valence-electron chi connectivity index (χ1n) is 7.40. The largest absolute Gasteiger partial charge is 0.508 e. The molecule has 0 aromatic heterocycles. The molecule has 0 aliphatic heterocycles. The minimum atomic E-state index is -0.242. The maximum absolute atomic E-state index is 11.9. The first-order valence-corrected chi connectivity index (χ1v) is 8.20. The lowest BCUT2D eigenvalue weighted by molar-refractivity contribution is -0.120. The SMILES string of the molecule is O=C(Cc1cccc(O)c1)N/N=C/c1ccc2ccccc2c1Br. The van der Waals surface area contributed by atoms with Crippen LogP contribution < -0.4 is 5.43 Å². The van der Waals surface area contributed by atoms with Crippen molar-refractivity contribution in [3.05, 3.63) is 76.3 Å². The number of halogens is 1. The highest BCUT2D eigenvalue weighted by atomic mass is 79.9. The Morgan fingerprint density at radius 3 is 2.79 bits per heavy atom. The molecular formula is C19H15BrN2O2. The van der Waals surface area contributed by atoms with Crippen molar-refractivity contribution >= 4 is 38.8 Å². The molecule has 0 unspecified atom stereocenters. The average Bonchev–Trinajstić information content (AvgIpc) is 2.57. The Morgan fingerprint density at radius 1 is 1.12 bits per heavy atom. The molecule has 4 nitrogen and oxygen atoms in total. The highest BCUT2D eigenvalue weighted by molar-refractivity contribution is 9.10. The fourth-order valence-corrected chi connectivity index (χ4v) is 3.01. The summed E-state index contributed by atoms with van der Waals surface area (Å²) in [4.78, 5) is 11.9. The third-order valence-electron chi connectivity index (χ3n) is 3.56. The van der Waals surface area contributed by atoms with Crippen molar-refractivity contribution < 1.29 is 9.90 Å². The second-order valence-electron chi connectivity index (χ2n) is 5.33. The van der Waals surface area contributed by atoms with E-state index in [1.165, 1.54) is 0 Å². The molecule has 0 atom stereocenters. The van der Waals surface area contributed by atoms with Crippen LogP contribution in [0.5, 0.6) is 5.75 Å². The molecule has 1 amide bonds. The molecule has 3 rings (SSSR count). The molecule has 0 heterocycles. The molecule has 2 N–H and O–H groups in total. The molecule has 0 saturated carbocycles. The van der Waals surface area contributed by atoms with Gasteiger partial charge in [0.05, 0.1) is 12.6 Å². The van der Waals surface area contributed by atoms with E-state index in [0.29, 0.717) is 0 Å². The van der Waals surface area contributed by atoms with Crippen LogP contribution in [0.15, 0.2) is 70.2 Å². The number of benzene rings is 3. The van der Waals surface area contributed by atoms with E-state index in [1.807, 2.05) is 36.4 Å². The Kier molecular flexibility index (Phi) is 4.91. The summed E-state index contributed by atoms with van der Waals surface area (Å²) in [5.41, 5.74) is 4.11. The van der Waals surface area contributed by atoms with E-state index >= 15 is 0 Å². The number of hydrogen-bond acceptors (Lipinski definition) is 3. The summed E-state index contributed by atoms with van der Waals surface area (Å²) in [7, 11) is 0. The molecule has 0 aliphatic rings. The number of phenols is 1. The monoisotopic (exact) mass is 382 g/mol. The van der Waals surface area contributed by atoms with E-state index < -0.39 is 0 Å². The summed E-state index contributed by atoms with van der Waals surface area (Å²) >= 11 is 3.58. The van der Waals surface area contributed by atoms with Gasteiger partial charge in [-0.2, -0.15) is 5.10 Å². The second kappa shape index (κ2) is 7.27. The lowest BCUT2D eigenvalue weighted by atomic mass is 10.1. The lowest BCUT2D eigenvalue weighted by Gasteiger charge is -2.04. The average molecular weight is 383 g/mol. The van der Waals surface area contributed by atoms with Gasteiger partial charge in [0, 0.05) is 10.0 Å². The number of nitrogens with one attached hydrogen (secondary N) is 1. The van der Waals surface area contributed by atoms with Gasteiger partial charge in [-0.3, -0.25) is 4.79 Å². The molecular weight excluding hydrogens is 368 g/mol. The third-order valence-corrected chi connectivity index (χ3v) is 4.45. The third kappa shape index (κ3) is 3.81. The summed E-state index contributed by atoms with van der Waals surface area (Å²) in [6.45, 7) is 0. The van der Waals surface area contributed by atoms with Gasteiger partial charge in [0.25, 0.3) is 0 Å². The van der Waals surface area contributed by atoms with Gasteiger partial charge in [-0.1, -0.05) is 48.5 Å². The zero-order valence-electron chi connectivity index (χ0n) is 12.7. The number of carbonyl (C=O) groups excluding carboxylic acids is 1. The van der Waals surface area contributed by atoms with Crippen LogP contribution in [0.3, 0.4) is 0 Å². The molecule has 5 heteroatoms. The predicted octanol–water partition coefficient (Wildman–Crippen LogP) is 4.00. The fraction of sp³-hybridized carbons (Fsp3) is 0.0526. The number of rotatable bonds is 4. The highest BCUT2D eigenvalue weighted by Crippen LogP contribution is 2.26. The van der Waals surface area contributed by atoms with Gasteiger partial charge < -0.3 is 5.11 Å². The fourth-order valence-electron chi connectivity index (χ4n) is 2.42. The number of amides is 1. The zero-order valence-corrected chi connectivity index (χ0v) is 14.3. The van der Waals surface area contributed by atoms with Gasteiger partial charge in [-0.15, -0.1) is 0 Å². The minimum absolute atomic E-state index is 0.142. The molecule has 3 aromatic rings. The molecule has 0 radical (unpaired) electrons. The standard InChI is InChI=1S/C19H15BrN2O2/c20-19-15(9-8-14-5-1-2-7-17(14)19)12-21-22-18(24)11-13-4-3-6-16(23)10-13/h1-10,12,23H,11H2,(H,22,24)/b21-12+. The van der Waals surface area contributed by atoms with Crippen LogP contribution in [0, 0.1) is 0 Å². The predicted molar refractivity (Wildman–Crippen MR) is 99.2 cm³/mol. The Labute approximate surface area is 148 Å². The van der Waals surface area contributed by atoms with Gasteiger partial charge in [0.2, 0.25) is 5.91 Å². The van der Waals surface area contributed by atoms with E-state index in [4.69, 9.17) is 0 Å². The maximum Gasteiger partial charge on any atom is 0.244 e. The van der Waals surface area contributed by atoms with Gasteiger partial charge in [0.15, 0.2) is 0 Å². The number of carbonyl (C=O) groups is 1. The Bertz CT molecular complexity index is 922. The number of hydrazone groups is 1. The van der Waals surface area contributed by atoms with Crippen LogP contribution in [-0.2, 0) is 11.2 Å². The number of aromatic hydroxyl groups is 1. The second-order valence-corrected chi connectivity index (χ2v) is 6.12.